The summed E-state index contributed by atoms with van der Waals surface area (Å²) in [5.74, 6) is -2.45. The number of alkyl halides is 3. The van der Waals surface area contributed by atoms with Gasteiger partial charge in [0.2, 0.25) is 11.8 Å². The third-order valence-electron chi connectivity index (χ3n) is 5.16. The van der Waals surface area contributed by atoms with Crippen molar-refractivity contribution in [3.05, 3.63) is 42.0 Å². The van der Waals surface area contributed by atoms with E-state index in [9.17, 15) is 22.8 Å². The van der Waals surface area contributed by atoms with Crippen molar-refractivity contribution in [1.29, 1.82) is 0 Å². The topological polar surface area (TPSA) is 46.6 Å². The second-order valence-corrected chi connectivity index (χ2v) is 6.82. The molecule has 0 saturated carbocycles. The number of halogens is 3. The van der Waals surface area contributed by atoms with Gasteiger partial charge in [-0.05, 0) is 32.0 Å². The molecule has 3 aliphatic rings. The third-order valence-corrected chi connectivity index (χ3v) is 5.16. The van der Waals surface area contributed by atoms with Crippen LogP contribution in [0.2, 0.25) is 0 Å². The van der Waals surface area contributed by atoms with Gasteiger partial charge in [0.25, 0.3) is 0 Å². The van der Waals surface area contributed by atoms with Crippen LogP contribution in [0.4, 0.5) is 18.9 Å². The van der Waals surface area contributed by atoms with Crippen LogP contribution in [-0.2, 0) is 20.5 Å². The van der Waals surface area contributed by atoms with E-state index in [-0.39, 0.29) is 5.69 Å². The maximum atomic E-state index is 12.9. The van der Waals surface area contributed by atoms with Crippen molar-refractivity contribution in [2.24, 2.45) is 11.8 Å². The van der Waals surface area contributed by atoms with Crippen LogP contribution in [0.3, 0.4) is 0 Å². The number of amides is 2. The summed E-state index contributed by atoms with van der Waals surface area (Å²) in [5, 5.41) is 0. The Morgan fingerprint density at radius 2 is 1.58 bits per heavy atom. The van der Waals surface area contributed by atoms with Gasteiger partial charge in [0, 0.05) is 0 Å². The Morgan fingerprint density at radius 1 is 1.04 bits per heavy atom. The molecule has 1 aromatic rings. The lowest BCUT2D eigenvalue weighted by Gasteiger charge is -2.25. The lowest BCUT2D eigenvalue weighted by Crippen LogP contribution is -2.39. The number of carbonyl (C=O) groups excluding carboxylic acids is 2. The molecule has 3 heterocycles. The van der Waals surface area contributed by atoms with Crippen LogP contribution in [0.25, 0.3) is 0 Å². The van der Waals surface area contributed by atoms with E-state index in [1.165, 1.54) is 12.1 Å². The van der Waals surface area contributed by atoms with Gasteiger partial charge in [-0.25, -0.2) is 4.90 Å². The summed E-state index contributed by atoms with van der Waals surface area (Å²) in [6, 6.07) is 4.27. The number of carbonyl (C=O) groups is 2. The summed E-state index contributed by atoms with van der Waals surface area (Å²) in [6.07, 6.45) is -1.02. The first kappa shape index (κ1) is 15.4. The summed E-state index contributed by atoms with van der Waals surface area (Å²) in [7, 11) is 0. The minimum Gasteiger partial charge on any atom is -0.359 e. The molecule has 0 radical (unpaired) electrons. The molecule has 1 aromatic carbocycles. The molecule has 0 spiro atoms. The Labute approximate surface area is 135 Å². The zero-order valence-electron chi connectivity index (χ0n) is 12.9. The minimum absolute atomic E-state index is 0.0548. The van der Waals surface area contributed by atoms with Gasteiger partial charge in [0.15, 0.2) is 0 Å². The smallest absolute Gasteiger partial charge is 0.359 e. The van der Waals surface area contributed by atoms with Crippen LogP contribution < -0.4 is 4.90 Å². The Balaban J connectivity index is 1.78. The van der Waals surface area contributed by atoms with E-state index in [0.717, 1.165) is 17.0 Å². The second kappa shape index (κ2) is 4.27. The Hall–Kier alpha value is -2.15. The molecule has 7 heteroatoms. The van der Waals surface area contributed by atoms with Crippen molar-refractivity contribution < 1.29 is 27.5 Å². The molecule has 0 aliphatic carbocycles. The highest BCUT2D eigenvalue weighted by Gasteiger charge is 2.70. The fourth-order valence-corrected chi connectivity index (χ4v) is 4.11. The van der Waals surface area contributed by atoms with Crippen LogP contribution in [0.5, 0.6) is 0 Å². The molecule has 24 heavy (non-hydrogen) atoms. The number of hydrogen-bond acceptors (Lipinski definition) is 3. The molecule has 3 aliphatic heterocycles. The largest absolute Gasteiger partial charge is 0.416 e. The maximum Gasteiger partial charge on any atom is 0.416 e. The number of fused-ring (bicyclic) bond motifs is 5. The SMILES string of the molecule is CC12C=CC(C)(O1)[C@H]1C(=O)N(c3cccc(C(F)(F)F)c3)C(=O)[C@H]12. The van der Waals surface area contributed by atoms with Gasteiger partial charge in [-0.3, -0.25) is 9.59 Å². The number of anilines is 1. The van der Waals surface area contributed by atoms with Crippen molar-refractivity contribution in [2.45, 2.75) is 31.2 Å². The summed E-state index contributed by atoms with van der Waals surface area (Å²) in [5.41, 5.74) is -2.75. The quantitative estimate of drug-likeness (QED) is 0.585. The lowest BCUT2D eigenvalue weighted by atomic mass is 9.73. The van der Waals surface area contributed by atoms with Crippen LogP contribution in [0, 0.1) is 11.8 Å². The number of hydrogen-bond donors (Lipinski definition) is 0. The second-order valence-electron chi connectivity index (χ2n) is 6.82. The molecule has 0 N–H and O–H groups in total. The van der Waals surface area contributed by atoms with Crippen LogP contribution in [0.15, 0.2) is 36.4 Å². The first-order valence-corrected chi connectivity index (χ1v) is 7.52. The van der Waals surface area contributed by atoms with Gasteiger partial charge in [-0.1, -0.05) is 18.2 Å². The summed E-state index contributed by atoms with van der Waals surface area (Å²) in [4.78, 5) is 26.5. The van der Waals surface area contributed by atoms with Crippen molar-refractivity contribution in [2.75, 3.05) is 4.90 Å². The Kier molecular flexibility index (Phi) is 2.74. The molecule has 2 amide bonds. The molecular weight excluding hydrogens is 323 g/mol. The predicted molar refractivity (Wildman–Crippen MR) is 78.0 cm³/mol. The van der Waals surface area contributed by atoms with E-state index in [2.05, 4.69) is 0 Å². The first-order chi connectivity index (χ1) is 11.1. The molecule has 2 saturated heterocycles. The maximum absolute atomic E-state index is 12.9. The van der Waals surface area contributed by atoms with Crippen molar-refractivity contribution in [3.63, 3.8) is 0 Å². The van der Waals surface area contributed by atoms with E-state index < -0.39 is 46.6 Å². The number of benzene rings is 1. The number of nitrogens with zero attached hydrogens (tertiary/aromatic N) is 1. The summed E-state index contributed by atoms with van der Waals surface area (Å²) < 4.78 is 44.6. The molecule has 2 unspecified atom stereocenters. The number of imide groups is 1. The molecular formula is C17H14F3NO3. The minimum atomic E-state index is -4.54. The fraction of sp³-hybridized carbons (Fsp3) is 0.412. The number of rotatable bonds is 1. The molecule has 4 nitrogen and oxygen atoms in total. The van der Waals surface area contributed by atoms with E-state index >= 15 is 0 Å². The van der Waals surface area contributed by atoms with Gasteiger partial charge in [0.1, 0.15) is 0 Å². The van der Waals surface area contributed by atoms with Crippen molar-refractivity contribution in [3.8, 4) is 0 Å². The van der Waals surface area contributed by atoms with Gasteiger partial charge in [-0.2, -0.15) is 13.2 Å². The zero-order chi connectivity index (χ0) is 17.5. The molecule has 4 atom stereocenters. The summed E-state index contributed by atoms with van der Waals surface area (Å²) >= 11 is 0. The zero-order valence-corrected chi connectivity index (χ0v) is 12.9. The van der Waals surface area contributed by atoms with Crippen molar-refractivity contribution >= 4 is 17.5 Å². The average molecular weight is 337 g/mol. The highest BCUT2D eigenvalue weighted by molar-refractivity contribution is 6.23. The normalized spacial score (nSPS) is 37.5. The van der Waals surface area contributed by atoms with Gasteiger partial charge in [0.05, 0.1) is 34.3 Å². The van der Waals surface area contributed by atoms with E-state index in [4.69, 9.17) is 4.74 Å². The van der Waals surface area contributed by atoms with Crippen molar-refractivity contribution in [1.82, 2.24) is 0 Å². The van der Waals surface area contributed by atoms with Gasteiger partial charge >= 0.3 is 6.18 Å². The standard InChI is InChI=1S/C17H14F3NO3/c1-15-6-7-16(2,24-15)12-11(15)13(22)21(14(12)23)10-5-3-4-9(8-10)17(18,19)20/h3-8,11-12H,1-2H3/t11-,12+,15?,16?. The highest BCUT2D eigenvalue weighted by atomic mass is 19.4. The molecule has 126 valence electrons. The van der Waals surface area contributed by atoms with Crippen LogP contribution in [0.1, 0.15) is 19.4 Å². The van der Waals surface area contributed by atoms with Crippen LogP contribution >= 0.6 is 0 Å². The third kappa shape index (κ3) is 1.79. The number of ether oxygens (including phenoxy) is 1. The van der Waals surface area contributed by atoms with Gasteiger partial charge < -0.3 is 4.74 Å². The van der Waals surface area contributed by atoms with E-state index in [1.54, 1.807) is 26.0 Å². The average Bonchev–Trinajstić information content (AvgIpc) is 3.03. The van der Waals surface area contributed by atoms with Gasteiger partial charge in [-0.15, -0.1) is 0 Å². The lowest BCUT2D eigenvalue weighted by molar-refractivity contribution is -0.138. The van der Waals surface area contributed by atoms with Crippen LogP contribution in [-0.4, -0.2) is 23.0 Å². The highest BCUT2D eigenvalue weighted by Crippen LogP contribution is 2.57. The first-order valence-electron chi connectivity index (χ1n) is 7.52. The fourth-order valence-electron chi connectivity index (χ4n) is 4.11. The molecule has 2 bridgehead atoms. The monoisotopic (exact) mass is 337 g/mol. The van der Waals surface area contributed by atoms with E-state index in [1.807, 2.05) is 0 Å². The molecule has 4 rings (SSSR count). The predicted octanol–water partition coefficient (Wildman–Crippen LogP) is 2.93. The Morgan fingerprint density at radius 3 is 2.08 bits per heavy atom. The molecule has 2 fully saturated rings. The van der Waals surface area contributed by atoms with E-state index in [0.29, 0.717) is 0 Å². The molecule has 0 aromatic heterocycles. The Bertz CT molecular complexity index is 767. The summed E-state index contributed by atoms with van der Waals surface area (Å²) in [6.45, 7) is 3.44.